The van der Waals surface area contributed by atoms with Crippen molar-refractivity contribution in [3.05, 3.63) is 30.4 Å². The molecule has 0 aliphatic rings. The molecule has 0 aliphatic carbocycles. The Bertz CT molecular complexity index is 369. The van der Waals surface area contributed by atoms with Gasteiger partial charge in [0.25, 0.3) is 0 Å². The van der Waals surface area contributed by atoms with Crippen molar-refractivity contribution in [3.63, 3.8) is 0 Å². The lowest BCUT2D eigenvalue weighted by molar-refractivity contribution is -0.377. The van der Waals surface area contributed by atoms with Gasteiger partial charge < -0.3 is 4.52 Å². The summed E-state index contributed by atoms with van der Waals surface area (Å²) in [6, 6.07) is 3.79. The van der Waals surface area contributed by atoms with E-state index in [2.05, 4.69) is 15.1 Å². The maximum atomic E-state index is 4.85. The van der Waals surface area contributed by atoms with Crippen LogP contribution in [0.4, 0.5) is 0 Å². The standard InChI is InChI=1S/C8H7N3O/c1-6-10-8(11-12-6)7-2-4-9-5-3-7/h2-5H,1H3/p+1. The number of aryl methyl sites for hydroxylation is 1. The van der Waals surface area contributed by atoms with E-state index < -0.39 is 0 Å². The minimum Gasteiger partial charge on any atom is -0.339 e. The van der Waals surface area contributed by atoms with Gasteiger partial charge in [-0.15, -0.1) is 0 Å². The SMILES string of the molecule is Cc1nc(-c2cc[nH+]cc2)no1. The van der Waals surface area contributed by atoms with E-state index in [0.717, 1.165) is 5.56 Å². The van der Waals surface area contributed by atoms with Crippen LogP contribution in [0, 0.1) is 6.92 Å². The maximum absolute atomic E-state index is 4.85. The van der Waals surface area contributed by atoms with Gasteiger partial charge in [0.05, 0.1) is 0 Å². The molecule has 1 N–H and O–H groups in total. The highest BCUT2D eigenvalue weighted by Gasteiger charge is 2.04. The molecule has 60 valence electrons. The number of aromatic nitrogens is 3. The third-order valence-corrected chi connectivity index (χ3v) is 1.50. The van der Waals surface area contributed by atoms with Gasteiger partial charge in [-0.05, 0) is 0 Å². The number of aromatic amines is 1. The van der Waals surface area contributed by atoms with Gasteiger partial charge in [-0.2, -0.15) is 4.98 Å². The largest absolute Gasteiger partial charge is 0.339 e. The lowest BCUT2D eigenvalue weighted by Gasteiger charge is -1.86. The van der Waals surface area contributed by atoms with Crippen molar-refractivity contribution in [2.24, 2.45) is 0 Å². The van der Waals surface area contributed by atoms with Gasteiger partial charge in [-0.1, -0.05) is 5.16 Å². The third-order valence-electron chi connectivity index (χ3n) is 1.50. The summed E-state index contributed by atoms with van der Waals surface area (Å²) in [5.74, 6) is 1.21. The van der Waals surface area contributed by atoms with Crippen molar-refractivity contribution in [1.82, 2.24) is 10.1 Å². The fourth-order valence-electron chi connectivity index (χ4n) is 0.952. The monoisotopic (exact) mass is 162 g/mol. The van der Waals surface area contributed by atoms with Crippen molar-refractivity contribution in [2.45, 2.75) is 6.92 Å². The van der Waals surface area contributed by atoms with E-state index in [0.29, 0.717) is 11.7 Å². The van der Waals surface area contributed by atoms with Crippen molar-refractivity contribution in [3.8, 4) is 11.4 Å². The smallest absolute Gasteiger partial charge is 0.223 e. The van der Waals surface area contributed by atoms with Crippen molar-refractivity contribution in [2.75, 3.05) is 0 Å². The second-order valence-electron chi connectivity index (χ2n) is 2.43. The van der Waals surface area contributed by atoms with E-state index in [-0.39, 0.29) is 0 Å². The van der Waals surface area contributed by atoms with E-state index in [1.807, 2.05) is 24.5 Å². The highest BCUT2D eigenvalue weighted by molar-refractivity contribution is 5.51. The fourth-order valence-corrected chi connectivity index (χ4v) is 0.952. The third kappa shape index (κ3) is 1.18. The average Bonchev–Trinajstić information content (AvgIpc) is 2.54. The minimum absolute atomic E-state index is 0.581. The van der Waals surface area contributed by atoms with Gasteiger partial charge in [-0.25, -0.2) is 4.98 Å². The number of rotatable bonds is 1. The molecule has 0 aromatic carbocycles. The van der Waals surface area contributed by atoms with Crippen molar-refractivity contribution in [1.29, 1.82) is 0 Å². The van der Waals surface area contributed by atoms with Crippen LogP contribution in [0.2, 0.25) is 0 Å². The molecule has 0 amide bonds. The molecule has 0 unspecified atom stereocenters. The molecule has 0 atom stereocenters. The first-order valence-corrected chi connectivity index (χ1v) is 3.63. The molecular weight excluding hydrogens is 154 g/mol. The number of pyridine rings is 1. The van der Waals surface area contributed by atoms with Crippen LogP contribution in [0.5, 0.6) is 0 Å². The van der Waals surface area contributed by atoms with Gasteiger partial charge >= 0.3 is 0 Å². The van der Waals surface area contributed by atoms with E-state index in [1.165, 1.54) is 0 Å². The quantitative estimate of drug-likeness (QED) is 0.624. The molecule has 2 aromatic heterocycles. The van der Waals surface area contributed by atoms with Crippen LogP contribution in [0.25, 0.3) is 11.4 Å². The summed E-state index contributed by atoms with van der Waals surface area (Å²) >= 11 is 0. The normalized spacial score (nSPS) is 10.1. The highest BCUT2D eigenvalue weighted by atomic mass is 16.5. The minimum atomic E-state index is 0.581. The lowest BCUT2D eigenvalue weighted by atomic mass is 10.3. The predicted molar refractivity (Wildman–Crippen MR) is 41.0 cm³/mol. The van der Waals surface area contributed by atoms with Crippen LogP contribution in [0.3, 0.4) is 0 Å². The Morgan fingerprint density at radius 3 is 2.67 bits per heavy atom. The van der Waals surface area contributed by atoms with Crippen LogP contribution in [0.15, 0.2) is 29.0 Å². The molecule has 0 radical (unpaired) electrons. The summed E-state index contributed by atoms with van der Waals surface area (Å²) in [6.45, 7) is 1.77. The van der Waals surface area contributed by atoms with E-state index in [9.17, 15) is 0 Å². The molecule has 0 aliphatic heterocycles. The lowest BCUT2D eigenvalue weighted by Crippen LogP contribution is -1.97. The van der Waals surface area contributed by atoms with Crippen LogP contribution in [0.1, 0.15) is 5.89 Å². The zero-order valence-corrected chi connectivity index (χ0v) is 6.61. The fraction of sp³-hybridized carbons (Fsp3) is 0.125. The van der Waals surface area contributed by atoms with Crippen molar-refractivity contribution < 1.29 is 9.51 Å². The molecule has 0 bridgehead atoms. The maximum Gasteiger partial charge on any atom is 0.223 e. The molecular formula is C8H8N3O+. The number of nitrogens with one attached hydrogen (secondary N) is 1. The van der Waals surface area contributed by atoms with Gasteiger partial charge in [0.15, 0.2) is 12.4 Å². The molecule has 0 saturated carbocycles. The number of nitrogens with zero attached hydrogens (tertiary/aromatic N) is 2. The second-order valence-corrected chi connectivity index (χ2v) is 2.43. The average molecular weight is 162 g/mol. The summed E-state index contributed by atoms with van der Waals surface area (Å²) < 4.78 is 4.85. The zero-order valence-electron chi connectivity index (χ0n) is 6.61. The Kier molecular flexibility index (Phi) is 1.59. The van der Waals surface area contributed by atoms with Crippen molar-refractivity contribution >= 4 is 0 Å². The topological polar surface area (TPSA) is 53.1 Å². The number of hydrogen-bond acceptors (Lipinski definition) is 3. The molecule has 4 heteroatoms. The first-order valence-electron chi connectivity index (χ1n) is 3.63. The zero-order chi connectivity index (χ0) is 8.39. The van der Waals surface area contributed by atoms with Crippen LogP contribution >= 0.6 is 0 Å². The number of hydrogen-bond donors (Lipinski definition) is 0. The molecule has 2 aromatic rings. The molecule has 4 nitrogen and oxygen atoms in total. The molecule has 0 spiro atoms. The van der Waals surface area contributed by atoms with Crippen LogP contribution in [-0.2, 0) is 0 Å². The Balaban J connectivity index is 2.45. The summed E-state index contributed by atoms with van der Waals surface area (Å²) in [5.41, 5.74) is 0.950. The molecule has 2 rings (SSSR count). The number of H-pyrrole nitrogens is 1. The van der Waals surface area contributed by atoms with Gasteiger partial charge in [0.1, 0.15) is 0 Å². The Labute approximate surface area is 69.3 Å². The first-order chi connectivity index (χ1) is 5.86. The molecule has 0 saturated heterocycles. The summed E-state index contributed by atoms with van der Waals surface area (Å²) in [6.07, 6.45) is 3.64. The Morgan fingerprint density at radius 1 is 1.33 bits per heavy atom. The Morgan fingerprint density at radius 2 is 2.08 bits per heavy atom. The van der Waals surface area contributed by atoms with Gasteiger partial charge in [0.2, 0.25) is 11.7 Å². The second kappa shape index (κ2) is 2.73. The first kappa shape index (κ1) is 6.97. The Hall–Kier alpha value is -1.71. The van der Waals surface area contributed by atoms with Gasteiger partial charge in [0, 0.05) is 24.6 Å². The van der Waals surface area contributed by atoms with E-state index >= 15 is 0 Å². The van der Waals surface area contributed by atoms with E-state index in [1.54, 1.807) is 6.92 Å². The van der Waals surface area contributed by atoms with Gasteiger partial charge in [-0.3, -0.25) is 0 Å². The molecule has 0 fully saturated rings. The van der Waals surface area contributed by atoms with E-state index in [4.69, 9.17) is 4.52 Å². The molecule has 2 heterocycles. The summed E-state index contributed by atoms with van der Waals surface area (Å²) in [7, 11) is 0. The molecule has 12 heavy (non-hydrogen) atoms. The predicted octanol–water partition coefficient (Wildman–Crippen LogP) is 0.859. The summed E-state index contributed by atoms with van der Waals surface area (Å²) in [4.78, 5) is 7.01. The van der Waals surface area contributed by atoms with Crippen LogP contribution < -0.4 is 4.98 Å². The highest BCUT2D eigenvalue weighted by Crippen LogP contribution is 2.12. The van der Waals surface area contributed by atoms with Crippen LogP contribution in [-0.4, -0.2) is 10.1 Å². The summed E-state index contributed by atoms with van der Waals surface area (Å²) in [5, 5.41) is 3.79.